The van der Waals surface area contributed by atoms with Crippen LogP contribution in [0.4, 0.5) is 4.39 Å². The average Bonchev–Trinajstić information content (AvgIpc) is 2.41. The molecule has 0 amide bonds. The molecule has 2 aromatic rings. The highest BCUT2D eigenvalue weighted by Crippen LogP contribution is 2.24. The predicted octanol–water partition coefficient (Wildman–Crippen LogP) is 4.48. The maximum absolute atomic E-state index is 13.4. The highest BCUT2D eigenvalue weighted by Gasteiger charge is 2.05. The Bertz CT molecular complexity index is 584. The number of rotatable bonds is 4. The van der Waals surface area contributed by atoms with Crippen LogP contribution in [0.25, 0.3) is 0 Å². The average molecular weight is 325 g/mol. The summed E-state index contributed by atoms with van der Waals surface area (Å²) in [5.41, 5.74) is 1.55. The van der Waals surface area contributed by atoms with Crippen molar-refractivity contribution in [3.05, 3.63) is 57.8 Å². The Hall–Kier alpha value is -1.55. The minimum Gasteiger partial charge on any atom is -0.497 e. The fourth-order valence-electron chi connectivity index (χ4n) is 1.61. The third-order valence-electron chi connectivity index (χ3n) is 2.79. The lowest BCUT2D eigenvalue weighted by Crippen LogP contribution is -1.98. The first-order valence-corrected chi connectivity index (χ1v) is 6.61. The van der Waals surface area contributed by atoms with Gasteiger partial charge in [-0.05, 0) is 36.8 Å². The van der Waals surface area contributed by atoms with Crippen LogP contribution >= 0.6 is 15.9 Å². The Morgan fingerprint density at radius 3 is 2.53 bits per heavy atom. The van der Waals surface area contributed by atoms with Crippen LogP contribution in [0.1, 0.15) is 11.1 Å². The van der Waals surface area contributed by atoms with E-state index in [1.165, 1.54) is 6.07 Å². The first-order chi connectivity index (χ1) is 9.10. The molecule has 0 aliphatic carbocycles. The number of hydrogen-bond acceptors (Lipinski definition) is 2. The minimum absolute atomic E-state index is 0.262. The van der Waals surface area contributed by atoms with Gasteiger partial charge in [0.1, 0.15) is 23.9 Å². The highest BCUT2D eigenvalue weighted by molar-refractivity contribution is 9.10. The molecule has 0 aliphatic rings. The summed E-state index contributed by atoms with van der Waals surface area (Å²) >= 11 is 3.45. The van der Waals surface area contributed by atoms with Crippen molar-refractivity contribution in [2.75, 3.05) is 7.11 Å². The zero-order valence-electron chi connectivity index (χ0n) is 10.7. The van der Waals surface area contributed by atoms with Crippen LogP contribution in [-0.2, 0) is 6.61 Å². The molecule has 0 fully saturated rings. The molecule has 0 aliphatic heterocycles. The van der Waals surface area contributed by atoms with Gasteiger partial charge in [-0.3, -0.25) is 0 Å². The Morgan fingerprint density at radius 1 is 1.11 bits per heavy atom. The summed E-state index contributed by atoms with van der Waals surface area (Å²) in [7, 11) is 1.61. The maximum Gasteiger partial charge on any atom is 0.129 e. The van der Waals surface area contributed by atoms with Crippen molar-refractivity contribution >= 4 is 15.9 Å². The largest absolute Gasteiger partial charge is 0.497 e. The molecule has 4 heteroatoms. The number of methoxy groups -OCH3 is 1. The normalized spacial score (nSPS) is 10.3. The van der Waals surface area contributed by atoms with Crippen LogP contribution in [-0.4, -0.2) is 7.11 Å². The number of benzene rings is 2. The molecule has 2 aromatic carbocycles. The Labute approximate surface area is 120 Å². The van der Waals surface area contributed by atoms with Gasteiger partial charge in [0.25, 0.3) is 0 Å². The molecule has 0 aromatic heterocycles. The topological polar surface area (TPSA) is 18.5 Å². The molecular formula is C15H14BrFO2. The molecule has 2 nitrogen and oxygen atoms in total. The molecule has 0 heterocycles. The molecule has 0 spiro atoms. The molecular weight excluding hydrogens is 311 g/mol. The van der Waals surface area contributed by atoms with Gasteiger partial charge in [-0.1, -0.05) is 22.0 Å². The second kappa shape index (κ2) is 6.06. The lowest BCUT2D eigenvalue weighted by molar-refractivity contribution is 0.302. The van der Waals surface area contributed by atoms with E-state index in [2.05, 4.69) is 15.9 Å². The van der Waals surface area contributed by atoms with Crippen molar-refractivity contribution in [1.29, 1.82) is 0 Å². The third kappa shape index (κ3) is 3.47. The van der Waals surface area contributed by atoms with Crippen LogP contribution in [0.2, 0.25) is 0 Å². The van der Waals surface area contributed by atoms with Gasteiger partial charge >= 0.3 is 0 Å². The van der Waals surface area contributed by atoms with Crippen LogP contribution < -0.4 is 9.47 Å². The molecule has 0 bridgehead atoms. The van der Waals surface area contributed by atoms with E-state index in [4.69, 9.17) is 9.47 Å². The maximum atomic E-state index is 13.4. The molecule has 0 atom stereocenters. The van der Waals surface area contributed by atoms with E-state index in [1.807, 2.05) is 18.2 Å². The zero-order valence-corrected chi connectivity index (χ0v) is 12.3. The SMILES string of the molecule is COc1ccc(Br)c(COc2ccc(C)c(F)c2)c1. The van der Waals surface area contributed by atoms with Crippen molar-refractivity contribution in [1.82, 2.24) is 0 Å². The zero-order chi connectivity index (χ0) is 13.8. The van der Waals surface area contributed by atoms with Crippen LogP contribution in [0.15, 0.2) is 40.9 Å². The van der Waals surface area contributed by atoms with E-state index in [1.54, 1.807) is 26.2 Å². The fraction of sp³-hybridized carbons (Fsp3) is 0.200. The van der Waals surface area contributed by atoms with E-state index in [-0.39, 0.29) is 5.82 Å². The van der Waals surface area contributed by atoms with E-state index in [0.29, 0.717) is 17.9 Å². The monoisotopic (exact) mass is 324 g/mol. The van der Waals surface area contributed by atoms with Crippen molar-refractivity contribution in [3.8, 4) is 11.5 Å². The highest BCUT2D eigenvalue weighted by atomic mass is 79.9. The summed E-state index contributed by atoms with van der Waals surface area (Å²) in [6, 6.07) is 10.5. The van der Waals surface area contributed by atoms with Crippen molar-refractivity contribution < 1.29 is 13.9 Å². The molecule has 0 saturated carbocycles. The fourth-order valence-corrected chi connectivity index (χ4v) is 1.97. The van der Waals surface area contributed by atoms with Crippen molar-refractivity contribution in [3.63, 3.8) is 0 Å². The molecule has 19 heavy (non-hydrogen) atoms. The molecule has 0 unspecified atom stereocenters. The number of aryl methyl sites for hydroxylation is 1. The van der Waals surface area contributed by atoms with Gasteiger partial charge in [0, 0.05) is 16.1 Å². The van der Waals surface area contributed by atoms with E-state index >= 15 is 0 Å². The molecule has 0 radical (unpaired) electrons. The van der Waals surface area contributed by atoms with Gasteiger partial charge in [0.15, 0.2) is 0 Å². The summed E-state index contributed by atoms with van der Waals surface area (Å²) in [4.78, 5) is 0. The smallest absolute Gasteiger partial charge is 0.129 e. The predicted molar refractivity (Wildman–Crippen MR) is 76.2 cm³/mol. The summed E-state index contributed by atoms with van der Waals surface area (Å²) in [6.07, 6.45) is 0. The van der Waals surface area contributed by atoms with Crippen molar-refractivity contribution in [2.24, 2.45) is 0 Å². The number of ether oxygens (including phenoxy) is 2. The van der Waals surface area contributed by atoms with Gasteiger partial charge < -0.3 is 9.47 Å². The van der Waals surface area contributed by atoms with Crippen LogP contribution in [0, 0.1) is 12.7 Å². The summed E-state index contributed by atoms with van der Waals surface area (Å²) in [5.74, 6) is 1.01. The van der Waals surface area contributed by atoms with Gasteiger partial charge in [-0.25, -0.2) is 4.39 Å². The van der Waals surface area contributed by atoms with Crippen LogP contribution in [0.5, 0.6) is 11.5 Å². The molecule has 0 N–H and O–H groups in total. The van der Waals surface area contributed by atoms with Gasteiger partial charge in [0.05, 0.1) is 7.11 Å². The lowest BCUT2D eigenvalue weighted by atomic mass is 10.2. The van der Waals surface area contributed by atoms with Gasteiger partial charge in [0.2, 0.25) is 0 Å². The molecule has 2 rings (SSSR count). The lowest BCUT2D eigenvalue weighted by Gasteiger charge is -2.10. The van der Waals surface area contributed by atoms with E-state index in [9.17, 15) is 4.39 Å². The third-order valence-corrected chi connectivity index (χ3v) is 3.56. The second-order valence-electron chi connectivity index (χ2n) is 4.16. The Kier molecular flexibility index (Phi) is 4.43. The first kappa shape index (κ1) is 13.9. The molecule has 0 saturated heterocycles. The Balaban J connectivity index is 2.11. The minimum atomic E-state index is -0.262. The number of halogens is 2. The van der Waals surface area contributed by atoms with Crippen LogP contribution in [0.3, 0.4) is 0 Å². The number of hydrogen-bond donors (Lipinski definition) is 0. The Morgan fingerprint density at radius 2 is 1.84 bits per heavy atom. The standard InChI is InChI=1S/C15H14BrFO2/c1-10-3-4-13(8-15(10)17)19-9-11-7-12(18-2)5-6-14(11)16/h3-8H,9H2,1-2H3. The van der Waals surface area contributed by atoms with Gasteiger partial charge in [-0.15, -0.1) is 0 Å². The van der Waals surface area contributed by atoms with Crippen molar-refractivity contribution in [2.45, 2.75) is 13.5 Å². The molecule has 100 valence electrons. The second-order valence-corrected chi connectivity index (χ2v) is 5.01. The summed E-state index contributed by atoms with van der Waals surface area (Å²) < 4.78 is 25.1. The summed E-state index contributed by atoms with van der Waals surface area (Å²) in [6.45, 7) is 2.07. The quantitative estimate of drug-likeness (QED) is 0.825. The van der Waals surface area contributed by atoms with E-state index < -0.39 is 0 Å². The van der Waals surface area contributed by atoms with Gasteiger partial charge in [-0.2, -0.15) is 0 Å². The van der Waals surface area contributed by atoms with E-state index in [0.717, 1.165) is 15.8 Å². The summed E-state index contributed by atoms with van der Waals surface area (Å²) in [5, 5.41) is 0. The first-order valence-electron chi connectivity index (χ1n) is 5.81.